The summed E-state index contributed by atoms with van der Waals surface area (Å²) in [5, 5.41) is 5.83. The van der Waals surface area contributed by atoms with Crippen LogP contribution in [0.15, 0.2) is 12.1 Å². The average Bonchev–Trinajstić information content (AvgIpc) is 2.52. The standard InChI is InChI=1S/C15H20F3N3O/c16-15(17,18)14(10-5-8-22-9-6-10)21-13-4-3-11-12(20-13)2-1-7-19-11/h3-4,10,14,19H,1-2,5-9H2,(H,20,21)/t14-/m0/s1. The van der Waals surface area contributed by atoms with Gasteiger partial charge in [-0.2, -0.15) is 13.2 Å². The highest BCUT2D eigenvalue weighted by Crippen LogP contribution is 2.34. The summed E-state index contributed by atoms with van der Waals surface area (Å²) in [4.78, 5) is 4.36. The third-order valence-corrected chi connectivity index (χ3v) is 4.27. The number of aromatic nitrogens is 1. The molecule has 22 heavy (non-hydrogen) atoms. The largest absolute Gasteiger partial charge is 0.408 e. The second kappa shape index (κ2) is 6.32. The second-order valence-electron chi connectivity index (χ2n) is 5.83. The number of nitrogens with zero attached hydrogens (tertiary/aromatic N) is 1. The van der Waals surface area contributed by atoms with Gasteiger partial charge in [0.2, 0.25) is 0 Å². The van der Waals surface area contributed by atoms with E-state index < -0.39 is 18.1 Å². The summed E-state index contributed by atoms with van der Waals surface area (Å²) >= 11 is 0. The maximum absolute atomic E-state index is 13.4. The minimum atomic E-state index is -4.29. The van der Waals surface area contributed by atoms with Crippen LogP contribution in [0.3, 0.4) is 0 Å². The Hall–Kier alpha value is -1.50. The molecule has 0 saturated carbocycles. The number of halogens is 3. The topological polar surface area (TPSA) is 46.2 Å². The lowest BCUT2D eigenvalue weighted by Gasteiger charge is -2.32. The molecule has 1 aromatic heterocycles. The third-order valence-electron chi connectivity index (χ3n) is 4.27. The first kappa shape index (κ1) is 15.4. The molecule has 1 atom stereocenters. The summed E-state index contributed by atoms with van der Waals surface area (Å²) in [5.41, 5.74) is 1.76. The average molecular weight is 315 g/mol. The maximum atomic E-state index is 13.4. The Morgan fingerprint density at radius 2 is 2.05 bits per heavy atom. The Labute approximate surface area is 127 Å². The van der Waals surface area contributed by atoms with Gasteiger partial charge < -0.3 is 15.4 Å². The van der Waals surface area contributed by atoms with Gasteiger partial charge in [0.05, 0.1) is 11.4 Å². The van der Waals surface area contributed by atoms with Gasteiger partial charge in [0.25, 0.3) is 0 Å². The predicted molar refractivity (Wildman–Crippen MR) is 78.1 cm³/mol. The van der Waals surface area contributed by atoms with Gasteiger partial charge in [0.1, 0.15) is 11.9 Å². The van der Waals surface area contributed by atoms with E-state index in [2.05, 4.69) is 15.6 Å². The molecule has 2 aliphatic rings. The first-order chi connectivity index (χ1) is 10.5. The number of rotatable bonds is 3. The number of aryl methyl sites for hydroxylation is 1. The van der Waals surface area contributed by atoms with Crippen LogP contribution in [0.25, 0.3) is 0 Å². The highest BCUT2D eigenvalue weighted by molar-refractivity contribution is 5.54. The monoisotopic (exact) mass is 315 g/mol. The fraction of sp³-hybridized carbons (Fsp3) is 0.667. The molecule has 122 valence electrons. The lowest BCUT2D eigenvalue weighted by atomic mass is 9.91. The van der Waals surface area contributed by atoms with Crippen LogP contribution < -0.4 is 10.6 Å². The van der Waals surface area contributed by atoms with Crippen LogP contribution in [-0.2, 0) is 11.2 Å². The van der Waals surface area contributed by atoms with E-state index in [1.165, 1.54) is 0 Å². The molecular weight excluding hydrogens is 295 g/mol. The number of hydrogen-bond donors (Lipinski definition) is 2. The van der Waals surface area contributed by atoms with E-state index in [-0.39, 0.29) is 0 Å². The normalized spacial score (nSPS) is 20.9. The quantitative estimate of drug-likeness (QED) is 0.899. The Balaban J connectivity index is 1.77. The van der Waals surface area contributed by atoms with Crippen LogP contribution in [-0.4, -0.2) is 37.0 Å². The van der Waals surface area contributed by atoms with Gasteiger partial charge in [-0.05, 0) is 43.7 Å². The summed E-state index contributed by atoms with van der Waals surface area (Å²) in [6, 6.07) is 1.86. The molecule has 7 heteroatoms. The molecule has 2 N–H and O–H groups in total. The number of nitrogens with one attached hydrogen (secondary N) is 2. The molecule has 0 spiro atoms. The van der Waals surface area contributed by atoms with Gasteiger partial charge in [-0.15, -0.1) is 0 Å². The van der Waals surface area contributed by atoms with Crippen molar-refractivity contribution in [3.05, 3.63) is 17.8 Å². The molecule has 0 radical (unpaired) electrons. The molecule has 0 unspecified atom stereocenters. The zero-order chi connectivity index (χ0) is 15.6. The van der Waals surface area contributed by atoms with E-state index in [0.29, 0.717) is 31.9 Å². The van der Waals surface area contributed by atoms with Crippen LogP contribution in [0.5, 0.6) is 0 Å². The summed E-state index contributed by atoms with van der Waals surface area (Å²) < 4.78 is 45.3. The van der Waals surface area contributed by atoms with Gasteiger partial charge in [-0.1, -0.05) is 0 Å². The predicted octanol–water partition coefficient (Wildman–Crippen LogP) is 3.21. The maximum Gasteiger partial charge on any atom is 0.408 e. The summed E-state index contributed by atoms with van der Waals surface area (Å²) in [7, 11) is 0. The minimum Gasteiger partial charge on any atom is -0.384 e. The Kier molecular flexibility index (Phi) is 4.42. The third kappa shape index (κ3) is 3.45. The smallest absolute Gasteiger partial charge is 0.384 e. The van der Waals surface area contributed by atoms with Gasteiger partial charge >= 0.3 is 6.18 Å². The number of alkyl halides is 3. The van der Waals surface area contributed by atoms with E-state index in [4.69, 9.17) is 4.74 Å². The number of fused-ring (bicyclic) bond motifs is 1. The highest BCUT2D eigenvalue weighted by Gasteiger charge is 2.45. The van der Waals surface area contributed by atoms with Crippen molar-refractivity contribution in [1.82, 2.24) is 4.98 Å². The van der Waals surface area contributed by atoms with Gasteiger partial charge in [-0.25, -0.2) is 4.98 Å². The Morgan fingerprint density at radius 1 is 1.27 bits per heavy atom. The summed E-state index contributed by atoms with van der Waals surface area (Å²) in [6.45, 7) is 1.66. The van der Waals surface area contributed by atoms with E-state index in [1.54, 1.807) is 12.1 Å². The highest BCUT2D eigenvalue weighted by atomic mass is 19.4. The number of pyridine rings is 1. The Morgan fingerprint density at radius 3 is 2.77 bits per heavy atom. The van der Waals surface area contributed by atoms with Crippen LogP contribution in [0, 0.1) is 5.92 Å². The molecule has 1 fully saturated rings. The lowest BCUT2D eigenvalue weighted by Crippen LogP contribution is -2.44. The van der Waals surface area contributed by atoms with E-state index in [9.17, 15) is 13.2 Å². The first-order valence-corrected chi connectivity index (χ1v) is 7.69. The van der Waals surface area contributed by atoms with Crippen molar-refractivity contribution in [3.8, 4) is 0 Å². The van der Waals surface area contributed by atoms with Crippen molar-refractivity contribution < 1.29 is 17.9 Å². The zero-order valence-electron chi connectivity index (χ0n) is 12.2. The molecule has 3 heterocycles. The van der Waals surface area contributed by atoms with Crippen molar-refractivity contribution >= 4 is 11.5 Å². The molecule has 0 bridgehead atoms. The molecule has 3 rings (SSSR count). The van der Waals surface area contributed by atoms with Crippen molar-refractivity contribution in [2.75, 3.05) is 30.4 Å². The first-order valence-electron chi connectivity index (χ1n) is 7.69. The molecule has 2 aliphatic heterocycles. The van der Waals surface area contributed by atoms with E-state index in [0.717, 1.165) is 30.8 Å². The number of ether oxygens (including phenoxy) is 1. The van der Waals surface area contributed by atoms with Crippen molar-refractivity contribution in [2.45, 2.75) is 37.9 Å². The van der Waals surface area contributed by atoms with Gasteiger partial charge in [-0.3, -0.25) is 0 Å². The van der Waals surface area contributed by atoms with Gasteiger partial charge in [0.15, 0.2) is 0 Å². The van der Waals surface area contributed by atoms with Crippen molar-refractivity contribution in [3.63, 3.8) is 0 Å². The molecule has 1 aromatic rings. The lowest BCUT2D eigenvalue weighted by molar-refractivity contribution is -0.159. The van der Waals surface area contributed by atoms with Crippen LogP contribution in [0.2, 0.25) is 0 Å². The number of hydrogen-bond acceptors (Lipinski definition) is 4. The molecule has 0 aromatic carbocycles. The van der Waals surface area contributed by atoms with Crippen molar-refractivity contribution in [1.29, 1.82) is 0 Å². The summed E-state index contributed by atoms with van der Waals surface area (Å²) in [6.07, 6.45) is -1.71. The molecule has 0 amide bonds. The number of anilines is 2. The molecule has 4 nitrogen and oxygen atoms in total. The fourth-order valence-electron chi connectivity index (χ4n) is 3.09. The van der Waals surface area contributed by atoms with E-state index in [1.807, 2.05) is 0 Å². The van der Waals surface area contributed by atoms with Crippen LogP contribution in [0.4, 0.5) is 24.7 Å². The van der Waals surface area contributed by atoms with Gasteiger partial charge in [0, 0.05) is 19.8 Å². The van der Waals surface area contributed by atoms with Crippen LogP contribution >= 0.6 is 0 Å². The zero-order valence-corrected chi connectivity index (χ0v) is 12.2. The summed E-state index contributed by atoms with van der Waals surface area (Å²) in [5.74, 6) is -0.166. The molecule has 0 aliphatic carbocycles. The molecular formula is C15H20F3N3O. The van der Waals surface area contributed by atoms with Crippen LogP contribution in [0.1, 0.15) is 25.0 Å². The molecule has 1 saturated heterocycles. The second-order valence-corrected chi connectivity index (χ2v) is 5.83. The Bertz CT molecular complexity index is 515. The minimum absolute atomic E-state index is 0.302. The van der Waals surface area contributed by atoms with E-state index >= 15 is 0 Å². The fourth-order valence-corrected chi connectivity index (χ4v) is 3.09. The SMILES string of the molecule is FC(F)(F)[C@@H](Nc1ccc2c(n1)CCCN2)C1CCOCC1. The van der Waals surface area contributed by atoms with Crippen molar-refractivity contribution in [2.24, 2.45) is 5.92 Å².